The molecule has 0 saturated heterocycles. The van der Waals surface area contributed by atoms with Crippen molar-refractivity contribution in [2.24, 2.45) is 0 Å². The lowest BCUT2D eigenvalue weighted by molar-refractivity contribution is 0.102. The molecule has 0 unspecified atom stereocenters. The van der Waals surface area contributed by atoms with Crippen LogP contribution in [-0.4, -0.2) is 20.7 Å². The summed E-state index contributed by atoms with van der Waals surface area (Å²) < 4.78 is 7.39. The maximum absolute atomic E-state index is 12.6. The SMILES string of the molecule is O=C(Nc1ccnn1Cc1cccc(Cl)c1)c1ccc(OCc2cscn2)cc1. The largest absolute Gasteiger partial charge is 0.487 e. The molecular formula is C21H17ClN4O2S. The summed E-state index contributed by atoms with van der Waals surface area (Å²) in [6.07, 6.45) is 1.65. The first-order valence-electron chi connectivity index (χ1n) is 8.85. The molecule has 0 spiro atoms. The highest BCUT2D eigenvalue weighted by Crippen LogP contribution is 2.17. The minimum absolute atomic E-state index is 0.219. The number of thiazole rings is 1. The van der Waals surface area contributed by atoms with Gasteiger partial charge in [-0.25, -0.2) is 9.67 Å². The lowest BCUT2D eigenvalue weighted by atomic mass is 10.2. The molecule has 6 nitrogen and oxygen atoms in total. The van der Waals surface area contributed by atoms with E-state index in [1.54, 1.807) is 46.7 Å². The molecule has 2 aromatic heterocycles. The summed E-state index contributed by atoms with van der Waals surface area (Å²) >= 11 is 7.57. The topological polar surface area (TPSA) is 69.0 Å². The van der Waals surface area contributed by atoms with Crippen LogP contribution >= 0.6 is 22.9 Å². The Morgan fingerprint density at radius 1 is 1.17 bits per heavy atom. The van der Waals surface area contributed by atoms with Gasteiger partial charge in [-0.15, -0.1) is 11.3 Å². The summed E-state index contributed by atoms with van der Waals surface area (Å²) in [6.45, 7) is 0.907. The van der Waals surface area contributed by atoms with E-state index in [2.05, 4.69) is 15.4 Å². The van der Waals surface area contributed by atoms with Crippen LogP contribution in [-0.2, 0) is 13.2 Å². The van der Waals surface area contributed by atoms with Crippen LogP contribution in [0.4, 0.5) is 5.82 Å². The van der Waals surface area contributed by atoms with E-state index in [1.807, 2.05) is 29.6 Å². The van der Waals surface area contributed by atoms with Crippen molar-refractivity contribution in [2.75, 3.05) is 5.32 Å². The Morgan fingerprint density at radius 2 is 2.03 bits per heavy atom. The van der Waals surface area contributed by atoms with Crippen molar-refractivity contribution in [2.45, 2.75) is 13.2 Å². The number of halogens is 1. The van der Waals surface area contributed by atoms with Crippen LogP contribution < -0.4 is 10.1 Å². The maximum Gasteiger partial charge on any atom is 0.256 e. The van der Waals surface area contributed by atoms with Crippen LogP contribution in [0, 0.1) is 0 Å². The minimum Gasteiger partial charge on any atom is -0.487 e. The first-order chi connectivity index (χ1) is 14.2. The van der Waals surface area contributed by atoms with E-state index in [-0.39, 0.29) is 5.91 Å². The average molecular weight is 425 g/mol. The molecule has 0 atom stereocenters. The number of benzene rings is 2. The third-order valence-corrected chi connectivity index (χ3v) is 5.04. The summed E-state index contributed by atoms with van der Waals surface area (Å²) in [4.78, 5) is 16.8. The molecule has 146 valence electrons. The van der Waals surface area contributed by atoms with Crippen LogP contribution in [0.15, 0.2) is 71.7 Å². The van der Waals surface area contributed by atoms with Gasteiger partial charge in [0.1, 0.15) is 18.2 Å². The minimum atomic E-state index is -0.219. The number of rotatable bonds is 7. The second-order valence-corrected chi connectivity index (χ2v) is 7.41. The smallest absolute Gasteiger partial charge is 0.256 e. The van der Waals surface area contributed by atoms with E-state index >= 15 is 0 Å². The first-order valence-corrected chi connectivity index (χ1v) is 10.2. The number of aromatic nitrogens is 3. The van der Waals surface area contributed by atoms with Gasteiger partial charge in [-0.05, 0) is 42.0 Å². The molecular weight excluding hydrogens is 408 g/mol. The highest BCUT2D eigenvalue weighted by atomic mass is 35.5. The van der Waals surface area contributed by atoms with Gasteiger partial charge < -0.3 is 10.1 Å². The predicted molar refractivity (Wildman–Crippen MR) is 114 cm³/mol. The molecule has 0 bridgehead atoms. The summed E-state index contributed by atoms with van der Waals surface area (Å²) in [7, 11) is 0. The lowest BCUT2D eigenvalue weighted by Crippen LogP contribution is -2.16. The van der Waals surface area contributed by atoms with Crippen LogP contribution in [0.2, 0.25) is 5.02 Å². The van der Waals surface area contributed by atoms with Gasteiger partial charge in [0.05, 0.1) is 23.9 Å². The Bertz CT molecular complexity index is 1090. The zero-order valence-corrected chi connectivity index (χ0v) is 16.9. The summed E-state index contributed by atoms with van der Waals surface area (Å²) in [5, 5.41) is 9.78. The quantitative estimate of drug-likeness (QED) is 0.459. The van der Waals surface area contributed by atoms with Gasteiger partial charge in [-0.1, -0.05) is 23.7 Å². The van der Waals surface area contributed by atoms with E-state index in [9.17, 15) is 4.79 Å². The molecule has 0 aliphatic rings. The first kappa shape index (κ1) is 19.2. The van der Waals surface area contributed by atoms with Gasteiger partial charge in [-0.2, -0.15) is 5.10 Å². The van der Waals surface area contributed by atoms with Crippen molar-refractivity contribution in [3.63, 3.8) is 0 Å². The predicted octanol–water partition coefficient (Wildman–Crippen LogP) is 4.87. The van der Waals surface area contributed by atoms with E-state index in [1.165, 1.54) is 11.3 Å². The maximum atomic E-state index is 12.6. The number of ether oxygens (including phenoxy) is 1. The molecule has 0 aliphatic heterocycles. The Hall–Kier alpha value is -3.16. The fraction of sp³-hybridized carbons (Fsp3) is 0.0952. The molecule has 29 heavy (non-hydrogen) atoms. The van der Waals surface area contributed by atoms with Crippen molar-refractivity contribution in [3.8, 4) is 5.75 Å². The number of anilines is 1. The molecule has 2 aromatic carbocycles. The Kier molecular flexibility index (Phi) is 5.88. The van der Waals surface area contributed by atoms with Crippen LogP contribution in [0.5, 0.6) is 5.75 Å². The van der Waals surface area contributed by atoms with E-state index in [4.69, 9.17) is 16.3 Å². The molecule has 1 amide bonds. The molecule has 0 saturated carbocycles. The molecule has 4 rings (SSSR count). The van der Waals surface area contributed by atoms with Gasteiger partial charge in [0.25, 0.3) is 5.91 Å². The molecule has 1 N–H and O–H groups in total. The zero-order valence-electron chi connectivity index (χ0n) is 15.3. The molecule has 0 aliphatic carbocycles. The number of nitrogens with zero attached hydrogens (tertiary/aromatic N) is 3. The fourth-order valence-electron chi connectivity index (χ4n) is 2.73. The molecule has 4 aromatic rings. The number of amides is 1. The summed E-state index contributed by atoms with van der Waals surface area (Å²) in [5.74, 6) is 1.07. The second-order valence-electron chi connectivity index (χ2n) is 6.25. The number of nitrogens with one attached hydrogen (secondary N) is 1. The van der Waals surface area contributed by atoms with Crippen LogP contribution in [0.1, 0.15) is 21.6 Å². The van der Waals surface area contributed by atoms with Gasteiger partial charge in [0.2, 0.25) is 0 Å². The van der Waals surface area contributed by atoms with Crippen LogP contribution in [0.25, 0.3) is 0 Å². The standard InChI is InChI=1S/C21H17ClN4O2S/c22-17-3-1-2-15(10-17)11-26-20(8-9-24-26)25-21(27)16-4-6-19(7-5-16)28-12-18-13-29-14-23-18/h1-10,13-14H,11-12H2,(H,25,27). The molecule has 0 fully saturated rings. The van der Waals surface area contributed by atoms with Gasteiger partial charge in [-0.3, -0.25) is 4.79 Å². The van der Waals surface area contributed by atoms with Crippen LogP contribution in [0.3, 0.4) is 0 Å². The second kappa shape index (κ2) is 8.89. The number of carbonyl (C=O) groups excluding carboxylic acids is 1. The lowest BCUT2D eigenvalue weighted by Gasteiger charge is -2.10. The number of carbonyl (C=O) groups is 1. The summed E-state index contributed by atoms with van der Waals surface area (Å²) in [6, 6.07) is 16.3. The van der Waals surface area contributed by atoms with E-state index in [0.717, 1.165) is 11.3 Å². The third-order valence-electron chi connectivity index (χ3n) is 4.17. The van der Waals surface area contributed by atoms with Gasteiger partial charge >= 0.3 is 0 Å². The van der Waals surface area contributed by atoms with Crippen molar-refractivity contribution in [3.05, 3.63) is 93.5 Å². The average Bonchev–Trinajstić information content (AvgIpc) is 3.39. The Labute approximate surface area is 176 Å². The Balaban J connectivity index is 1.39. The number of hydrogen-bond acceptors (Lipinski definition) is 5. The van der Waals surface area contributed by atoms with E-state index in [0.29, 0.717) is 35.3 Å². The third kappa shape index (κ3) is 5.01. The summed E-state index contributed by atoms with van der Waals surface area (Å²) in [5.41, 5.74) is 4.17. The highest BCUT2D eigenvalue weighted by Gasteiger charge is 2.10. The highest BCUT2D eigenvalue weighted by molar-refractivity contribution is 7.07. The zero-order chi connectivity index (χ0) is 20.1. The monoisotopic (exact) mass is 424 g/mol. The molecule has 2 heterocycles. The van der Waals surface area contributed by atoms with Crippen molar-refractivity contribution >= 4 is 34.7 Å². The molecule has 8 heteroatoms. The number of hydrogen-bond donors (Lipinski definition) is 1. The molecule has 0 radical (unpaired) electrons. The van der Waals surface area contributed by atoms with Crippen molar-refractivity contribution in [1.29, 1.82) is 0 Å². The van der Waals surface area contributed by atoms with E-state index < -0.39 is 0 Å². The van der Waals surface area contributed by atoms with Crippen molar-refractivity contribution < 1.29 is 9.53 Å². The van der Waals surface area contributed by atoms with Crippen molar-refractivity contribution in [1.82, 2.24) is 14.8 Å². The normalized spacial score (nSPS) is 10.7. The van der Waals surface area contributed by atoms with Gasteiger partial charge in [0, 0.05) is 22.0 Å². The fourth-order valence-corrected chi connectivity index (χ4v) is 3.49. The van der Waals surface area contributed by atoms with Gasteiger partial charge in [0.15, 0.2) is 0 Å². The Morgan fingerprint density at radius 3 is 2.79 bits per heavy atom.